The minimum atomic E-state index is 0.271. The van der Waals surface area contributed by atoms with Gasteiger partial charge in [-0.3, -0.25) is 5.41 Å². The van der Waals surface area contributed by atoms with Gasteiger partial charge in [-0.05, 0) is 43.9 Å². The number of rotatable bonds is 2. The third kappa shape index (κ3) is 2.30. The highest BCUT2D eigenvalue weighted by Crippen LogP contribution is 2.28. The molecule has 3 heteroatoms. The first-order valence-corrected chi connectivity index (χ1v) is 5.58. The second kappa shape index (κ2) is 4.08. The van der Waals surface area contributed by atoms with Gasteiger partial charge in [-0.25, -0.2) is 4.99 Å². The summed E-state index contributed by atoms with van der Waals surface area (Å²) in [4.78, 5) is 4.16. The number of nitrogens with one attached hydrogen (secondary N) is 1. The van der Waals surface area contributed by atoms with Gasteiger partial charge in [0.1, 0.15) is 5.84 Å². The van der Waals surface area contributed by atoms with Crippen molar-refractivity contribution < 1.29 is 0 Å². The van der Waals surface area contributed by atoms with Gasteiger partial charge in [0, 0.05) is 11.5 Å². The molecule has 16 heavy (non-hydrogen) atoms. The van der Waals surface area contributed by atoms with Gasteiger partial charge in [0.25, 0.3) is 0 Å². The number of benzene rings is 1. The van der Waals surface area contributed by atoms with Crippen LogP contribution in [0.4, 0.5) is 0 Å². The molecule has 3 N–H and O–H groups in total. The van der Waals surface area contributed by atoms with E-state index in [1.807, 2.05) is 25.1 Å². The first-order chi connectivity index (χ1) is 7.58. The summed E-state index contributed by atoms with van der Waals surface area (Å²) >= 11 is 0. The summed E-state index contributed by atoms with van der Waals surface area (Å²) in [6.45, 7) is 4.10. The second-order valence-electron chi connectivity index (χ2n) is 4.46. The van der Waals surface area contributed by atoms with Crippen LogP contribution in [0.3, 0.4) is 0 Å². The van der Waals surface area contributed by atoms with Crippen LogP contribution < -0.4 is 5.73 Å². The van der Waals surface area contributed by atoms with Crippen molar-refractivity contribution in [2.75, 3.05) is 0 Å². The largest absolute Gasteiger partial charge is 0.387 e. The maximum absolute atomic E-state index is 7.88. The van der Waals surface area contributed by atoms with Gasteiger partial charge in [0.15, 0.2) is 5.84 Å². The van der Waals surface area contributed by atoms with E-state index in [-0.39, 0.29) is 5.84 Å². The number of nitrogens with zero attached hydrogens (tertiary/aromatic N) is 1. The molecule has 0 aromatic heterocycles. The summed E-state index contributed by atoms with van der Waals surface area (Å²) in [5.74, 6) is 1.31. The summed E-state index contributed by atoms with van der Waals surface area (Å²) in [7, 11) is 0. The Hall–Kier alpha value is -1.64. The summed E-state index contributed by atoms with van der Waals surface area (Å²) in [5, 5.41) is 7.88. The molecule has 0 spiro atoms. The summed E-state index contributed by atoms with van der Waals surface area (Å²) < 4.78 is 0. The van der Waals surface area contributed by atoms with Crippen LogP contribution in [0, 0.1) is 25.2 Å². The lowest BCUT2D eigenvalue weighted by atomic mass is 10.1. The van der Waals surface area contributed by atoms with Crippen LogP contribution in [0.5, 0.6) is 0 Å². The van der Waals surface area contributed by atoms with Crippen LogP contribution in [-0.2, 0) is 0 Å². The molecule has 0 saturated heterocycles. The summed E-state index contributed by atoms with van der Waals surface area (Å²) in [6, 6.07) is 5.93. The van der Waals surface area contributed by atoms with Crippen molar-refractivity contribution in [3.05, 3.63) is 34.9 Å². The molecule has 0 atom stereocenters. The normalized spacial score (nSPS) is 16.2. The van der Waals surface area contributed by atoms with Crippen molar-refractivity contribution in [2.45, 2.75) is 26.7 Å². The Bertz CT molecular complexity index is 456. The molecule has 0 radical (unpaired) electrons. The molecule has 3 nitrogen and oxygen atoms in total. The average Bonchev–Trinajstić information content (AvgIpc) is 3.05. The van der Waals surface area contributed by atoms with E-state index >= 15 is 0 Å². The van der Waals surface area contributed by atoms with E-state index in [0.717, 1.165) is 18.4 Å². The molecule has 1 fully saturated rings. The van der Waals surface area contributed by atoms with Gasteiger partial charge in [-0.1, -0.05) is 12.1 Å². The number of amidine groups is 2. The van der Waals surface area contributed by atoms with E-state index in [4.69, 9.17) is 11.1 Å². The van der Waals surface area contributed by atoms with Crippen molar-refractivity contribution in [3.63, 3.8) is 0 Å². The molecule has 1 aromatic carbocycles. The van der Waals surface area contributed by atoms with E-state index in [2.05, 4.69) is 11.9 Å². The standard InChI is InChI=1S/C13H17N3/c1-8-3-4-11(7-9(8)2)13(15)16-12(14)10-5-6-10/h3-4,7,10H,5-6H2,1-2H3,(H3,14,15,16). The zero-order chi connectivity index (χ0) is 11.7. The zero-order valence-corrected chi connectivity index (χ0v) is 9.75. The van der Waals surface area contributed by atoms with E-state index in [0.29, 0.717) is 11.8 Å². The number of hydrogen-bond donors (Lipinski definition) is 2. The average molecular weight is 215 g/mol. The molecule has 0 aliphatic heterocycles. The van der Waals surface area contributed by atoms with Crippen LogP contribution in [-0.4, -0.2) is 11.7 Å². The van der Waals surface area contributed by atoms with Crippen molar-refractivity contribution >= 4 is 11.7 Å². The monoisotopic (exact) mass is 215 g/mol. The lowest BCUT2D eigenvalue weighted by molar-refractivity contribution is 1.16. The van der Waals surface area contributed by atoms with Crippen LogP contribution in [0.2, 0.25) is 0 Å². The predicted octanol–water partition coefficient (Wildman–Crippen LogP) is 2.40. The smallest absolute Gasteiger partial charge is 0.153 e. The van der Waals surface area contributed by atoms with Gasteiger partial charge in [-0.2, -0.15) is 0 Å². The lowest BCUT2D eigenvalue weighted by Crippen LogP contribution is -2.16. The third-order valence-corrected chi connectivity index (χ3v) is 3.02. The molecule has 1 aliphatic carbocycles. The quantitative estimate of drug-likeness (QED) is 0.577. The number of aliphatic imine (C=N–C) groups is 1. The molecular weight excluding hydrogens is 198 g/mol. The highest BCUT2D eigenvalue weighted by molar-refractivity contribution is 6.05. The van der Waals surface area contributed by atoms with Gasteiger partial charge in [0.05, 0.1) is 0 Å². The molecule has 84 valence electrons. The van der Waals surface area contributed by atoms with E-state index in [1.54, 1.807) is 0 Å². The fraction of sp³-hybridized carbons (Fsp3) is 0.385. The van der Waals surface area contributed by atoms with Crippen LogP contribution >= 0.6 is 0 Å². The minimum Gasteiger partial charge on any atom is -0.387 e. The highest BCUT2D eigenvalue weighted by Gasteiger charge is 2.25. The Morgan fingerprint density at radius 3 is 2.56 bits per heavy atom. The number of hydrogen-bond acceptors (Lipinski definition) is 1. The molecule has 0 unspecified atom stereocenters. The number of aryl methyl sites for hydroxylation is 2. The predicted molar refractivity (Wildman–Crippen MR) is 67.1 cm³/mol. The lowest BCUT2D eigenvalue weighted by Gasteiger charge is -2.04. The van der Waals surface area contributed by atoms with Crippen LogP contribution in [0.1, 0.15) is 29.5 Å². The zero-order valence-electron chi connectivity index (χ0n) is 9.75. The van der Waals surface area contributed by atoms with Crippen molar-refractivity contribution in [3.8, 4) is 0 Å². The van der Waals surface area contributed by atoms with Crippen molar-refractivity contribution in [2.24, 2.45) is 16.6 Å². The topological polar surface area (TPSA) is 62.2 Å². The molecule has 1 aromatic rings. The Kier molecular flexibility index (Phi) is 2.77. The fourth-order valence-corrected chi connectivity index (χ4v) is 1.55. The first kappa shape index (κ1) is 10.9. The van der Waals surface area contributed by atoms with E-state index in [1.165, 1.54) is 11.1 Å². The number of nitrogens with two attached hydrogens (primary N) is 1. The summed E-state index contributed by atoms with van der Waals surface area (Å²) in [5.41, 5.74) is 9.05. The Balaban J connectivity index is 2.20. The van der Waals surface area contributed by atoms with Gasteiger partial charge < -0.3 is 5.73 Å². The molecule has 2 rings (SSSR count). The molecule has 0 bridgehead atoms. The molecule has 0 amide bonds. The maximum atomic E-state index is 7.88. The SMILES string of the molecule is Cc1ccc(C(=N)N=C(N)C2CC2)cc1C. The maximum Gasteiger partial charge on any atom is 0.153 e. The highest BCUT2D eigenvalue weighted by atomic mass is 14.9. The minimum absolute atomic E-state index is 0.271. The Labute approximate surface area is 95.9 Å². The van der Waals surface area contributed by atoms with Gasteiger partial charge >= 0.3 is 0 Å². The fourth-order valence-electron chi connectivity index (χ4n) is 1.55. The molecular formula is C13H17N3. The van der Waals surface area contributed by atoms with Crippen molar-refractivity contribution in [1.29, 1.82) is 5.41 Å². The van der Waals surface area contributed by atoms with E-state index < -0.39 is 0 Å². The third-order valence-electron chi connectivity index (χ3n) is 3.02. The first-order valence-electron chi connectivity index (χ1n) is 5.58. The Morgan fingerprint density at radius 2 is 2.00 bits per heavy atom. The van der Waals surface area contributed by atoms with Gasteiger partial charge in [0.2, 0.25) is 0 Å². The van der Waals surface area contributed by atoms with E-state index in [9.17, 15) is 0 Å². The Morgan fingerprint density at radius 1 is 1.31 bits per heavy atom. The van der Waals surface area contributed by atoms with Crippen LogP contribution in [0.25, 0.3) is 0 Å². The van der Waals surface area contributed by atoms with Gasteiger partial charge in [-0.15, -0.1) is 0 Å². The molecule has 0 heterocycles. The summed E-state index contributed by atoms with van der Waals surface area (Å²) in [6.07, 6.45) is 2.24. The van der Waals surface area contributed by atoms with Crippen molar-refractivity contribution in [1.82, 2.24) is 0 Å². The second-order valence-corrected chi connectivity index (χ2v) is 4.46. The molecule has 1 saturated carbocycles. The van der Waals surface area contributed by atoms with Crippen LogP contribution in [0.15, 0.2) is 23.2 Å². The molecule has 1 aliphatic rings.